The van der Waals surface area contributed by atoms with Crippen LogP contribution in [0.25, 0.3) is 21.8 Å². The Morgan fingerprint density at radius 2 is 2.00 bits per heavy atom. The zero-order valence-electron chi connectivity index (χ0n) is 14.6. The highest BCUT2D eigenvalue weighted by Gasteiger charge is 2.46. The quantitative estimate of drug-likeness (QED) is 0.491. The summed E-state index contributed by atoms with van der Waals surface area (Å²) >= 11 is 0. The van der Waals surface area contributed by atoms with Gasteiger partial charge < -0.3 is 20.8 Å². The molecular weight excluding hydrogens is 350 g/mol. The zero-order valence-corrected chi connectivity index (χ0v) is 14.6. The lowest BCUT2D eigenvalue weighted by Gasteiger charge is -2.35. The molecule has 0 aromatic carbocycles. The molecule has 2 aliphatic rings. The molecule has 9 nitrogen and oxygen atoms in total. The van der Waals surface area contributed by atoms with Crippen LogP contribution in [0, 0.1) is 6.92 Å². The Balaban J connectivity index is 1.97. The van der Waals surface area contributed by atoms with Gasteiger partial charge in [0.1, 0.15) is 22.7 Å². The largest absolute Gasteiger partial charge is 0.384 e. The molecule has 3 aromatic heterocycles. The van der Waals surface area contributed by atoms with Crippen molar-refractivity contribution in [2.24, 2.45) is 0 Å². The van der Waals surface area contributed by atoms with Crippen LogP contribution in [-0.4, -0.2) is 33.7 Å². The number of hydrogen-bond donors (Lipinski definition) is 3. The highest BCUT2D eigenvalue weighted by molar-refractivity contribution is 6.03. The number of pyridine rings is 3. The molecule has 0 atom stereocenters. The number of rotatable bonds is 0. The number of carbonyl (C=O) groups is 1. The van der Waals surface area contributed by atoms with Crippen LogP contribution in [0.1, 0.15) is 28.9 Å². The van der Waals surface area contributed by atoms with E-state index < -0.39 is 11.2 Å². The predicted molar refractivity (Wildman–Crippen MR) is 98.8 cm³/mol. The van der Waals surface area contributed by atoms with E-state index in [1.54, 1.807) is 6.92 Å². The topological polar surface area (TPSA) is 132 Å². The Morgan fingerprint density at radius 1 is 1.26 bits per heavy atom. The van der Waals surface area contributed by atoms with Gasteiger partial charge in [0.25, 0.3) is 11.5 Å². The lowest BCUT2D eigenvalue weighted by atomic mass is 10.00. The maximum atomic E-state index is 13.4. The van der Waals surface area contributed by atoms with Gasteiger partial charge in [-0.3, -0.25) is 19.0 Å². The zero-order chi connectivity index (χ0) is 18.9. The Morgan fingerprint density at radius 3 is 2.74 bits per heavy atom. The normalized spacial score (nSPS) is 18.2. The molecule has 2 aliphatic heterocycles. The number of nitrogen functional groups attached to an aromatic ring is 1. The van der Waals surface area contributed by atoms with Crippen molar-refractivity contribution in [2.45, 2.75) is 25.4 Å². The van der Waals surface area contributed by atoms with Crippen molar-refractivity contribution >= 4 is 33.5 Å². The van der Waals surface area contributed by atoms with Gasteiger partial charge in [-0.25, -0.2) is 4.98 Å². The molecule has 5 rings (SSSR count). The minimum absolute atomic E-state index is 0.168. The summed E-state index contributed by atoms with van der Waals surface area (Å²) < 4.78 is 6.91. The van der Waals surface area contributed by atoms with Gasteiger partial charge in [0.15, 0.2) is 5.43 Å². The summed E-state index contributed by atoms with van der Waals surface area (Å²) in [5, 5.41) is 3.49. The molecule has 1 spiro atoms. The second-order valence-electron chi connectivity index (χ2n) is 7.07. The summed E-state index contributed by atoms with van der Waals surface area (Å²) in [6.07, 6.45) is 2.36. The second-order valence-corrected chi connectivity index (χ2v) is 7.07. The molecule has 5 heterocycles. The molecule has 1 fully saturated rings. The van der Waals surface area contributed by atoms with Gasteiger partial charge in [-0.05, 0) is 12.5 Å². The molecule has 0 saturated carbocycles. The van der Waals surface area contributed by atoms with Crippen LogP contribution in [0.2, 0.25) is 0 Å². The molecule has 4 N–H and O–H groups in total. The number of ether oxygens (including phenoxy) is 1. The number of aromatic amines is 1. The number of nitrogens with zero attached hydrogens (tertiary/aromatic N) is 2. The Bertz CT molecular complexity index is 1270. The van der Waals surface area contributed by atoms with Crippen molar-refractivity contribution in [1.29, 1.82) is 0 Å². The van der Waals surface area contributed by atoms with Crippen molar-refractivity contribution < 1.29 is 9.53 Å². The number of amides is 1. The molecule has 0 unspecified atom stereocenters. The van der Waals surface area contributed by atoms with E-state index in [9.17, 15) is 14.4 Å². The fourth-order valence-electron chi connectivity index (χ4n) is 4.28. The van der Waals surface area contributed by atoms with E-state index in [2.05, 4.69) is 15.3 Å². The number of fused-ring (bicyclic) bond motifs is 4. The van der Waals surface area contributed by atoms with E-state index in [0.29, 0.717) is 42.5 Å². The number of aryl methyl sites for hydroxylation is 1. The van der Waals surface area contributed by atoms with Crippen LogP contribution in [0.15, 0.2) is 21.9 Å². The predicted octanol–water partition coefficient (Wildman–Crippen LogP) is 0.335. The number of carbonyl (C=O) groups excluding carboxylic acids is 1. The molecule has 27 heavy (non-hydrogen) atoms. The van der Waals surface area contributed by atoms with Crippen LogP contribution in [0.5, 0.6) is 0 Å². The lowest BCUT2D eigenvalue weighted by Crippen LogP contribution is -2.51. The van der Waals surface area contributed by atoms with Gasteiger partial charge in [0, 0.05) is 25.1 Å². The molecule has 0 bridgehead atoms. The minimum atomic E-state index is -0.816. The van der Waals surface area contributed by atoms with E-state index in [0.717, 1.165) is 0 Å². The summed E-state index contributed by atoms with van der Waals surface area (Å²) in [5.41, 5.74) is 5.48. The van der Waals surface area contributed by atoms with Crippen molar-refractivity contribution in [2.75, 3.05) is 18.9 Å². The van der Waals surface area contributed by atoms with E-state index in [1.807, 2.05) is 0 Å². The summed E-state index contributed by atoms with van der Waals surface area (Å²) in [6.45, 7) is 2.58. The molecule has 1 saturated heterocycles. The third kappa shape index (κ3) is 1.97. The van der Waals surface area contributed by atoms with Crippen LogP contribution in [0.4, 0.5) is 5.82 Å². The average Bonchev–Trinajstić information content (AvgIpc) is 2.91. The Hall–Kier alpha value is -3.20. The fraction of sp³-hybridized carbons (Fsp3) is 0.333. The Labute approximate surface area is 152 Å². The number of H-pyrrole nitrogens is 1. The highest BCUT2D eigenvalue weighted by atomic mass is 16.5. The van der Waals surface area contributed by atoms with Gasteiger partial charge >= 0.3 is 0 Å². The van der Waals surface area contributed by atoms with E-state index in [1.165, 1.54) is 16.8 Å². The van der Waals surface area contributed by atoms with E-state index >= 15 is 0 Å². The minimum Gasteiger partial charge on any atom is -0.384 e. The van der Waals surface area contributed by atoms with Gasteiger partial charge in [0.05, 0.1) is 29.5 Å². The van der Waals surface area contributed by atoms with Crippen molar-refractivity contribution in [3.05, 3.63) is 44.1 Å². The number of hydrogen-bond acceptors (Lipinski definition) is 6. The monoisotopic (exact) mass is 367 g/mol. The average molecular weight is 367 g/mol. The van der Waals surface area contributed by atoms with Crippen LogP contribution < -0.4 is 22.0 Å². The summed E-state index contributed by atoms with van der Waals surface area (Å²) in [5.74, 6) is -0.100. The van der Waals surface area contributed by atoms with Crippen LogP contribution in [0.3, 0.4) is 0 Å². The first-order valence-electron chi connectivity index (χ1n) is 8.70. The molecule has 138 valence electrons. The SMILES string of the molecule is Cc1c2n(c(=O)c3[nH]c4cc(N)ncc4c(=O)c13)C1(CCOCC1)NC2=O. The third-order valence-electron chi connectivity index (χ3n) is 5.59. The fourth-order valence-corrected chi connectivity index (χ4v) is 4.28. The van der Waals surface area contributed by atoms with Crippen molar-refractivity contribution in [3.63, 3.8) is 0 Å². The molecular formula is C18H17N5O4. The van der Waals surface area contributed by atoms with Crippen molar-refractivity contribution in [1.82, 2.24) is 19.9 Å². The maximum Gasteiger partial charge on any atom is 0.277 e. The lowest BCUT2D eigenvalue weighted by molar-refractivity contribution is 0.0121. The third-order valence-corrected chi connectivity index (χ3v) is 5.59. The van der Waals surface area contributed by atoms with Gasteiger partial charge in [-0.2, -0.15) is 0 Å². The number of aromatic nitrogens is 3. The second kappa shape index (κ2) is 5.17. The smallest absolute Gasteiger partial charge is 0.277 e. The highest BCUT2D eigenvalue weighted by Crippen LogP contribution is 2.34. The number of nitrogens with two attached hydrogens (primary N) is 1. The molecule has 0 radical (unpaired) electrons. The molecule has 1 amide bonds. The first kappa shape index (κ1) is 16.0. The number of anilines is 1. The molecule has 0 aliphatic carbocycles. The molecule has 9 heteroatoms. The molecule has 3 aromatic rings. The Kier molecular flexibility index (Phi) is 3.06. The first-order valence-corrected chi connectivity index (χ1v) is 8.70. The summed E-state index contributed by atoms with van der Waals surface area (Å²) in [4.78, 5) is 46.2. The van der Waals surface area contributed by atoms with E-state index in [4.69, 9.17) is 10.5 Å². The van der Waals surface area contributed by atoms with Crippen molar-refractivity contribution in [3.8, 4) is 0 Å². The first-order chi connectivity index (χ1) is 12.9. The summed E-state index contributed by atoms with van der Waals surface area (Å²) in [6, 6.07) is 1.52. The standard InChI is InChI=1S/C18H17N5O4/c1-8-12-13(21-10-6-11(19)20-7-9(10)15(12)24)17(26)23-14(8)16(25)22-18(23)2-4-27-5-3-18/h6-7H,2-5H2,1H3,(H2,19,20)(H,21,24)(H,22,25). The van der Waals surface area contributed by atoms with E-state index in [-0.39, 0.29) is 33.8 Å². The number of nitrogens with one attached hydrogen (secondary N) is 2. The van der Waals surface area contributed by atoms with Gasteiger partial charge in [-0.1, -0.05) is 0 Å². The maximum absolute atomic E-state index is 13.4. The van der Waals surface area contributed by atoms with Crippen LogP contribution >= 0.6 is 0 Å². The van der Waals surface area contributed by atoms with Gasteiger partial charge in [0.2, 0.25) is 0 Å². The van der Waals surface area contributed by atoms with Gasteiger partial charge in [-0.15, -0.1) is 0 Å². The van der Waals surface area contributed by atoms with Crippen LogP contribution in [-0.2, 0) is 10.4 Å². The summed E-state index contributed by atoms with van der Waals surface area (Å²) in [7, 11) is 0.